The fraction of sp³-hybridized carbons (Fsp3) is 0.333. The van der Waals surface area contributed by atoms with Gasteiger partial charge in [0.25, 0.3) is 5.91 Å². The normalized spacial score (nSPS) is 11.9. The second kappa shape index (κ2) is 9.02. The molecule has 0 unspecified atom stereocenters. The van der Waals surface area contributed by atoms with Crippen LogP contribution < -0.4 is 15.4 Å². The molecule has 0 radical (unpaired) electrons. The molecule has 0 saturated carbocycles. The first kappa shape index (κ1) is 23.0. The molecular weight excluding hydrogens is 406 g/mol. The number of thiocarbonyl (C=S) groups is 1. The van der Waals surface area contributed by atoms with Crippen LogP contribution >= 0.6 is 12.2 Å². The summed E-state index contributed by atoms with van der Waals surface area (Å²) < 4.78 is 26.8. The highest BCUT2D eigenvalue weighted by molar-refractivity contribution is 7.89. The van der Waals surface area contributed by atoms with E-state index in [2.05, 4.69) is 36.1 Å². The largest absolute Gasteiger partial charge is 0.332 e. The molecule has 0 aliphatic rings. The lowest BCUT2D eigenvalue weighted by atomic mass is 9.87. The van der Waals surface area contributed by atoms with E-state index in [-0.39, 0.29) is 27.4 Å². The first-order chi connectivity index (χ1) is 13.4. The minimum absolute atomic E-state index is 0.0101. The Kier molecular flexibility index (Phi) is 7.15. The monoisotopic (exact) mass is 433 g/mol. The summed E-state index contributed by atoms with van der Waals surface area (Å²) in [7, 11) is -3.55. The Labute approximate surface area is 178 Å². The lowest BCUT2D eigenvalue weighted by molar-refractivity contribution is 0.0977. The molecule has 3 N–H and O–H groups in total. The van der Waals surface area contributed by atoms with Crippen LogP contribution in [-0.4, -0.2) is 25.5 Å². The van der Waals surface area contributed by atoms with Crippen LogP contribution in [0.2, 0.25) is 0 Å². The molecule has 0 atom stereocenters. The molecule has 156 valence electrons. The molecule has 0 aliphatic carbocycles. The highest BCUT2D eigenvalue weighted by atomic mass is 32.2. The van der Waals surface area contributed by atoms with Gasteiger partial charge >= 0.3 is 0 Å². The van der Waals surface area contributed by atoms with Gasteiger partial charge in [-0.2, -0.15) is 0 Å². The number of hydrogen-bond donors (Lipinski definition) is 3. The topological polar surface area (TPSA) is 87.3 Å². The summed E-state index contributed by atoms with van der Waals surface area (Å²) in [6.45, 7) is 9.83. The molecular formula is C21H27N3O3S2. The molecule has 0 heterocycles. The van der Waals surface area contributed by atoms with E-state index in [4.69, 9.17) is 12.2 Å². The van der Waals surface area contributed by atoms with Crippen molar-refractivity contribution in [3.8, 4) is 0 Å². The zero-order valence-corrected chi connectivity index (χ0v) is 18.9. The first-order valence-corrected chi connectivity index (χ1v) is 11.1. The van der Waals surface area contributed by atoms with E-state index in [0.717, 1.165) is 5.56 Å². The maximum Gasteiger partial charge on any atom is 0.257 e. The lowest BCUT2D eigenvalue weighted by Gasteiger charge is -2.19. The van der Waals surface area contributed by atoms with E-state index in [1.165, 1.54) is 12.1 Å². The Balaban J connectivity index is 1.99. The number of benzene rings is 2. The summed E-state index contributed by atoms with van der Waals surface area (Å²) in [5.41, 5.74) is 2.22. The number of nitrogens with one attached hydrogen (secondary N) is 3. The van der Waals surface area contributed by atoms with E-state index in [9.17, 15) is 13.2 Å². The van der Waals surface area contributed by atoms with Crippen molar-refractivity contribution in [1.82, 2.24) is 10.0 Å². The average Bonchev–Trinajstić information content (AvgIpc) is 2.60. The highest BCUT2D eigenvalue weighted by Crippen LogP contribution is 2.22. The van der Waals surface area contributed by atoms with Crippen molar-refractivity contribution in [2.45, 2.75) is 51.0 Å². The fourth-order valence-corrected chi connectivity index (χ4v) is 4.02. The maximum absolute atomic E-state index is 12.4. The van der Waals surface area contributed by atoms with Crippen molar-refractivity contribution < 1.29 is 13.2 Å². The van der Waals surface area contributed by atoms with Crippen molar-refractivity contribution in [3.63, 3.8) is 0 Å². The summed E-state index contributed by atoms with van der Waals surface area (Å²) in [6, 6.07) is 13.3. The number of amides is 1. The maximum atomic E-state index is 12.4. The van der Waals surface area contributed by atoms with Gasteiger partial charge in [0, 0.05) is 17.3 Å². The van der Waals surface area contributed by atoms with Crippen molar-refractivity contribution in [2.75, 3.05) is 5.32 Å². The predicted molar refractivity (Wildman–Crippen MR) is 121 cm³/mol. The number of hydrogen-bond acceptors (Lipinski definition) is 4. The van der Waals surface area contributed by atoms with Crippen LogP contribution in [0.25, 0.3) is 0 Å². The molecule has 0 spiro atoms. The highest BCUT2D eigenvalue weighted by Gasteiger charge is 2.16. The van der Waals surface area contributed by atoms with Crippen molar-refractivity contribution in [1.29, 1.82) is 0 Å². The van der Waals surface area contributed by atoms with Crippen LogP contribution in [0.1, 0.15) is 50.5 Å². The number of sulfonamides is 1. The third-order valence-corrected chi connectivity index (χ3v) is 5.93. The van der Waals surface area contributed by atoms with Crippen LogP contribution in [0.4, 0.5) is 5.69 Å². The minimum atomic E-state index is -3.55. The van der Waals surface area contributed by atoms with Gasteiger partial charge in [-0.25, -0.2) is 13.1 Å². The average molecular weight is 434 g/mol. The van der Waals surface area contributed by atoms with E-state index in [1.54, 1.807) is 38.1 Å². The molecule has 0 aliphatic heterocycles. The summed E-state index contributed by atoms with van der Waals surface area (Å²) in [5.74, 6) is -0.316. The van der Waals surface area contributed by atoms with Gasteiger partial charge in [-0.05, 0) is 73.4 Å². The van der Waals surface area contributed by atoms with Gasteiger partial charge < -0.3 is 5.32 Å². The Morgan fingerprint density at radius 3 is 2.00 bits per heavy atom. The van der Waals surface area contributed by atoms with Crippen LogP contribution in [0, 0.1) is 0 Å². The molecule has 29 heavy (non-hydrogen) atoms. The van der Waals surface area contributed by atoms with Gasteiger partial charge in [0.15, 0.2) is 5.11 Å². The molecule has 8 heteroatoms. The Hall–Kier alpha value is -2.29. The molecule has 2 aromatic carbocycles. The van der Waals surface area contributed by atoms with Crippen molar-refractivity contribution in [3.05, 3.63) is 59.7 Å². The SMILES string of the molecule is CC(C)NS(=O)(=O)c1ccc(NC(=S)NC(=O)c2ccc(C(C)(C)C)cc2)cc1. The molecule has 1 amide bonds. The summed E-state index contributed by atoms with van der Waals surface area (Å²) in [6.07, 6.45) is 0. The molecule has 2 aromatic rings. The van der Waals surface area contributed by atoms with E-state index in [1.807, 2.05) is 12.1 Å². The standard InChI is InChI=1S/C21H27N3O3S2/c1-14(2)24-29(26,27)18-12-10-17(11-13-18)22-20(28)23-19(25)15-6-8-16(9-7-15)21(3,4)5/h6-14,24H,1-5H3,(H2,22,23,25,28). The lowest BCUT2D eigenvalue weighted by Crippen LogP contribution is -2.34. The summed E-state index contributed by atoms with van der Waals surface area (Å²) in [4.78, 5) is 12.5. The molecule has 2 rings (SSSR count). The quantitative estimate of drug-likeness (QED) is 0.625. The van der Waals surface area contributed by atoms with Crippen LogP contribution in [0.15, 0.2) is 53.4 Å². The first-order valence-electron chi connectivity index (χ1n) is 9.24. The van der Waals surface area contributed by atoms with Crippen LogP contribution in [0.5, 0.6) is 0 Å². The van der Waals surface area contributed by atoms with Gasteiger partial charge in [-0.3, -0.25) is 10.1 Å². The zero-order valence-electron chi connectivity index (χ0n) is 17.2. The molecule has 0 fully saturated rings. The number of carbonyl (C=O) groups is 1. The minimum Gasteiger partial charge on any atom is -0.332 e. The van der Waals surface area contributed by atoms with Gasteiger partial charge in [-0.1, -0.05) is 32.9 Å². The molecule has 0 aromatic heterocycles. The molecule has 0 bridgehead atoms. The number of anilines is 1. The number of carbonyl (C=O) groups excluding carboxylic acids is 1. The zero-order chi connectivity index (χ0) is 21.8. The van der Waals surface area contributed by atoms with Gasteiger partial charge in [0.05, 0.1) is 4.90 Å². The summed E-state index contributed by atoms with van der Waals surface area (Å²) >= 11 is 5.19. The smallest absolute Gasteiger partial charge is 0.257 e. The third-order valence-electron chi connectivity index (χ3n) is 4.05. The second-order valence-corrected chi connectivity index (χ2v) is 10.2. The second-order valence-electron chi connectivity index (χ2n) is 8.04. The predicted octanol–water partition coefficient (Wildman–Crippen LogP) is 3.80. The van der Waals surface area contributed by atoms with Crippen molar-refractivity contribution >= 4 is 38.9 Å². The van der Waals surface area contributed by atoms with Gasteiger partial charge in [-0.15, -0.1) is 0 Å². The van der Waals surface area contributed by atoms with E-state index < -0.39 is 10.0 Å². The summed E-state index contributed by atoms with van der Waals surface area (Å²) in [5, 5.41) is 5.64. The van der Waals surface area contributed by atoms with Gasteiger partial charge in [0.2, 0.25) is 10.0 Å². The van der Waals surface area contributed by atoms with Gasteiger partial charge in [0.1, 0.15) is 0 Å². The molecule has 0 saturated heterocycles. The third kappa shape index (κ3) is 6.62. The Morgan fingerprint density at radius 1 is 0.966 bits per heavy atom. The van der Waals surface area contributed by atoms with E-state index in [0.29, 0.717) is 11.3 Å². The van der Waals surface area contributed by atoms with E-state index >= 15 is 0 Å². The van der Waals surface area contributed by atoms with Crippen molar-refractivity contribution in [2.24, 2.45) is 0 Å². The molecule has 6 nitrogen and oxygen atoms in total. The van der Waals surface area contributed by atoms with Crippen LogP contribution in [-0.2, 0) is 15.4 Å². The fourth-order valence-electron chi connectivity index (χ4n) is 2.55. The Bertz CT molecular complexity index is 975. The van der Waals surface area contributed by atoms with Crippen LogP contribution in [0.3, 0.4) is 0 Å². The number of rotatable bonds is 5. The Morgan fingerprint density at radius 2 is 1.52 bits per heavy atom.